The van der Waals surface area contributed by atoms with Gasteiger partial charge in [0.05, 0.1) is 37.2 Å². The molecule has 258 valence electrons. The number of carbonyl (C=O) groups is 3. The van der Waals surface area contributed by atoms with E-state index in [-0.39, 0.29) is 42.2 Å². The Bertz CT molecular complexity index is 1500. The molecular formula is C37H47BrN4O6. The van der Waals surface area contributed by atoms with Crippen LogP contribution in [0.25, 0.3) is 0 Å². The standard InChI is InChI=1S/C37H47BrN4O6/c1-7-20-40(27-16-18-28(19-17-27)47-11-5)34(44)30-31-35(45)42(24(6)23-43)33(37(31)22-29(38)32(30)48-37)36(46)41(21-8-2)26-14-12-25(13-15-26)39(9-3)10-4/h7-8,12-19,24,29-33,43H,1-2,9-11,20-23H2,3-6H3/t24-,29?,30+,31+,32+,33?,37?/m1/s1. The van der Waals surface area contributed by atoms with Crippen molar-refractivity contribution in [2.24, 2.45) is 11.8 Å². The fraction of sp³-hybridized carbons (Fsp3) is 0.486. The Balaban J connectivity index is 1.55. The maximum atomic E-state index is 14.9. The van der Waals surface area contributed by atoms with Crippen LogP contribution in [0.15, 0.2) is 73.8 Å². The van der Waals surface area contributed by atoms with Crippen molar-refractivity contribution in [1.29, 1.82) is 0 Å². The number of alkyl halides is 1. The third-order valence-corrected chi connectivity index (χ3v) is 10.7. The van der Waals surface area contributed by atoms with Crippen molar-refractivity contribution in [3.63, 3.8) is 0 Å². The van der Waals surface area contributed by atoms with Crippen LogP contribution in [0.4, 0.5) is 17.1 Å². The topological polar surface area (TPSA) is 103 Å². The lowest BCUT2D eigenvalue weighted by Gasteiger charge is -2.38. The number of carbonyl (C=O) groups excluding carboxylic acids is 3. The summed E-state index contributed by atoms with van der Waals surface area (Å²) in [6.45, 7) is 17.9. The van der Waals surface area contributed by atoms with Crippen molar-refractivity contribution in [1.82, 2.24) is 4.90 Å². The maximum Gasteiger partial charge on any atom is 0.253 e. The fourth-order valence-corrected chi connectivity index (χ4v) is 8.69. The Morgan fingerprint density at radius 3 is 2.06 bits per heavy atom. The van der Waals surface area contributed by atoms with Crippen LogP contribution in [0, 0.1) is 11.8 Å². The van der Waals surface area contributed by atoms with E-state index in [4.69, 9.17) is 9.47 Å². The van der Waals surface area contributed by atoms with Crippen LogP contribution in [0.2, 0.25) is 0 Å². The molecule has 3 saturated heterocycles. The minimum absolute atomic E-state index is 0.199. The molecule has 3 aliphatic rings. The van der Waals surface area contributed by atoms with Gasteiger partial charge in [-0.15, -0.1) is 13.2 Å². The Morgan fingerprint density at radius 1 is 1.00 bits per heavy atom. The third kappa shape index (κ3) is 6.05. The van der Waals surface area contributed by atoms with Crippen molar-refractivity contribution in [3.05, 3.63) is 73.8 Å². The van der Waals surface area contributed by atoms with Gasteiger partial charge in [-0.05, 0) is 82.6 Å². The quantitative estimate of drug-likeness (QED) is 0.208. The number of aliphatic hydroxyl groups is 1. The highest BCUT2D eigenvalue weighted by Crippen LogP contribution is 2.61. The van der Waals surface area contributed by atoms with Gasteiger partial charge in [-0.1, -0.05) is 28.1 Å². The highest BCUT2D eigenvalue weighted by Gasteiger charge is 2.77. The van der Waals surface area contributed by atoms with E-state index in [2.05, 4.69) is 47.8 Å². The lowest BCUT2D eigenvalue weighted by molar-refractivity contribution is -0.143. The van der Waals surface area contributed by atoms with E-state index < -0.39 is 35.6 Å². The van der Waals surface area contributed by atoms with E-state index in [1.807, 2.05) is 43.3 Å². The van der Waals surface area contributed by atoms with Gasteiger partial charge < -0.3 is 34.2 Å². The van der Waals surface area contributed by atoms with Crippen LogP contribution in [-0.4, -0.2) is 95.7 Å². The number of anilines is 3. The number of amides is 3. The molecule has 11 heteroatoms. The lowest BCUT2D eigenvalue weighted by Crippen LogP contribution is -2.59. The summed E-state index contributed by atoms with van der Waals surface area (Å²) in [5.74, 6) is -2.09. The summed E-state index contributed by atoms with van der Waals surface area (Å²) in [4.78, 5) is 50.7. The molecule has 3 fully saturated rings. The molecule has 2 aromatic rings. The van der Waals surface area contributed by atoms with E-state index >= 15 is 0 Å². The molecule has 1 N–H and O–H groups in total. The molecule has 5 rings (SSSR count). The fourth-order valence-electron chi connectivity index (χ4n) is 7.74. The number of rotatable bonds is 15. The monoisotopic (exact) mass is 722 g/mol. The summed E-state index contributed by atoms with van der Waals surface area (Å²) in [7, 11) is 0. The van der Waals surface area contributed by atoms with Crippen molar-refractivity contribution >= 4 is 50.7 Å². The summed E-state index contributed by atoms with van der Waals surface area (Å²) in [6, 6.07) is 13.2. The Hall–Kier alpha value is -3.67. The highest BCUT2D eigenvalue weighted by molar-refractivity contribution is 9.09. The largest absolute Gasteiger partial charge is 0.494 e. The zero-order valence-corrected chi connectivity index (χ0v) is 29.8. The number of aliphatic hydroxyl groups excluding tert-OH is 1. The predicted molar refractivity (Wildman–Crippen MR) is 192 cm³/mol. The van der Waals surface area contributed by atoms with Gasteiger partial charge in [0.2, 0.25) is 11.8 Å². The smallest absolute Gasteiger partial charge is 0.253 e. The Labute approximate surface area is 292 Å². The molecule has 48 heavy (non-hydrogen) atoms. The lowest BCUT2D eigenvalue weighted by atomic mass is 9.70. The van der Waals surface area contributed by atoms with Gasteiger partial charge in [0.1, 0.15) is 17.4 Å². The third-order valence-electron chi connectivity index (χ3n) is 9.89. The first kappa shape index (κ1) is 35.6. The number of ether oxygens (including phenoxy) is 2. The molecular weight excluding hydrogens is 676 g/mol. The normalized spacial score (nSPS) is 26.2. The van der Waals surface area contributed by atoms with Gasteiger partial charge in [-0.3, -0.25) is 14.4 Å². The number of likely N-dealkylation sites (tertiary alicyclic amines) is 1. The van der Waals surface area contributed by atoms with Crippen LogP contribution in [0.5, 0.6) is 5.75 Å². The maximum absolute atomic E-state index is 14.9. The van der Waals surface area contributed by atoms with Crippen molar-refractivity contribution in [2.45, 2.75) is 62.7 Å². The van der Waals surface area contributed by atoms with Crippen molar-refractivity contribution in [2.75, 3.05) is 54.1 Å². The molecule has 0 saturated carbocycles. The minimum Gasteiger partial charge on any atom is -0.494 e. The number of halogens is 1. The van der Waals surface area contributed by atoms with Crippen LogP contribution in [-0.2, 0) is 19.1 Å². The second kappa shape index (κ2) is 14.8. The molecule has 3 aliphatic heterocycles. The molecule has 3 unspecified atom stereocenters. The van der Waals surface area contributed by atoms with E-state index in [1.165, 1.54) is 4.90 Å². The van der Waals surface area contributed by atoms with Gasteiger partial charge >= 0.3 is 0 Å². The molecule has 2 bridgehead atoms. The summed E-state index contributed by atoms with van der Waals surface area (Å²) in [5.41, 5.74) is 1.05. The Kier molecular flexibility index (Phi) is 11.0. The number of hydrogen-bond donors (Lipinski definition) is 1. The van der Waals surface area contributed by atoms with Gasteiger partial charge in [0.15, 0.2) is 0 Å². The SMILES string of the molecule is C=CCN(C(=O)C1N([C@H](C)CO)C(=O)[C@@H]2[C@H](C(=O)N(CC=C)c3ccc(OCC)cc3)[C@H]3OC12CC3Br)c1ccc(N(CC)CC)cc1. The van der Waals surface area contributed by atoms with Gasteiger partial charge in [-0.25, -0.2) is 0 Å². The van der Waals surface area contributed by atoms with Crippen LogP contribution in [0.1, 0.15) is 34.1 Å². The van der Waals surface area contributed by atoms with Crippen LogP contribution in [0.3, 0.4) is 0 Å². The van der Waals surface area contributed by atoms with Crippen molar-refractivity contribution in [3.8, 4) is 5.75 Å². The van der Waals surface area contributed by atoms with E-state index in [1.54, 1.807) is 41.0 Å². The zero-order valence-electron chi connectivity index (χ0n) is 28.3. The van der Waals surface area contributed by atoms with Crippen molar-refractivity contribution < 1.29 is 29.0 Å². The van der Waals surface area contributed by atoms with E-state index in [9.17, 15) is 19.5 Å². The minimum atomic E-state index is -1.28. The zero-order chi connectivity index (χ0) is 34.7. The predicted octanol–water partition coefficient (Wildman–Crippen LogP) is 4.80. The average Bonchev–Trinajstić information content (AvgIpc) is 3.70. The molecule has 0 radical (unpaired) electrons. The molecule has 7 atom stereocenters. The molecule has 3 heterocycles. The number of benzene rings is 2. The first-order chi connectivity index (χ1) is 23.1. The second-order valence-corrected chi connectivity index (χ2v) is 13.7. The summed E-state index contributed by atoms with van der Waals surface area (Å²) < 4.78 is 12.3. The molecule has 0 aromatic heterocycles. The van der Waals surface area contributed by atoms with Gasteiger partial charge in [0.25, 0.3) is 5.91 Å². The van der Waals surface area contributed by atoms with Gasteiger partial charge in [-0.2, -0.15) is 0 Å². The first-order valence-corrected chi connectivity index (χ1v) is 17.7. The summed E-state index contributed by atoms with van der Waals surface area (Å²) in [6.07, 6.45) is 3.02. The summed E-state index contributed by atoms with van der Waals surface area (Å²) in [5, 5.41) is 10.3. The first-order valence-electron chi connectivity index (χ1n) is 16.8. The molecule has 3 amide bonds. The van der Waals surface area contributed by atoms with Crippen LogP contribution < -0.4 is 19.4 Å². The van der Waals surface area contributed by atoms with Gasteiger partial charge in [0, 0.05) is 48.1 Å². The second-order valence-electron chi connectivity index (χ2n) is 12.5. The van der Waals surface area contributed by atoms with E-state index in [0.717, 1.165) is 18.8 Å². The molecule has 1 spiro atoms. The molecule has 2 aromatic carbocycles. The average molecular weight is 724 g/mol. The number of nitrogens with zero attached hydrogens (tertiary/aromatic N) is 4. The number of hydrogen-bond acceptors (Lipinski definition) is 7. The number of fused-ring (bicyclic) bond motifs is 1. The highest BCUT2D eigenvalue weighted by atomic mass is 79.9. The molecule has 10 nitrogen and oxygen atoms in total. The molecule has 0 aliphatic carbocycles. The van der Waals surface area contributed by atoms with Crippen LogP contribution >= 0.6 is 15.9 Å². The summed E-state index contributed by atoms with van der Waals surface area (Å²) >= 11 is 3.77. The van der Waals surface area contributed by atoms with E-state index in [0.29, 0.717) is 30.2 Å². The Morgan fingerprint density at radius 2 is 1.54 bits per heavy atom.